The fourth-order valence-corrected chi connectivity index (χ4v) is 4.50. The zero-order chi connectivity index (χ0) is 18.1. The maximum Gasteiger partial charge on any atom is 0.310 e. The molecule has 2 aliphatic carbocycles. The van der Waals surface area contributed by atoms with Crippen LogP contribution >= 0.6 is 0 Å². The summed E-state index contributed by atoms with van der Waals surface area (Å²) in [5.74, 6) is -0.257. The number of aliphatic carboxylic acids is 2. The van der Waals surface area contributed by atoms with Gasteiger partial charge in [0.25, 0.3) is 0 Å². The Balaban J connectivity index is 1.45. The SMILES string of the molecule is O=C(O)CCCCCCCCCCCCC(C(=O)O)(C1CC1)C1CC1. The summed E-state index contributed by atoms with van der Waals surface area (Å²) in [6.45, 7) is 0. The molecule has 0 aromatic heterocycles. The van der Waals surface area contributed by atoms with E-state index < -0.39 is 11.9 Å². The highest BCUT2D eigenvalue weighted by Gasteiger charge is 2.58. The van der Waals surface area contributed by atoms with Crippen LogP contribution in [0.4, 0.5) is 0 Å². The first kappa shape index (κ1) is 20.3. The van der Waals surface area contributed by atoms with Crippen LogP contribution in [0.3, 0.4) is 0 Å². The number of hydrogen-bond donors (Lipinski definition) is 2. The Labute approximate surface area is 152 Å². The van der Waals surface area contributed by atoms with Crippen molar-refractivity contribution in [1.29, 1.82) is 0 Å². The minimum absolute atomic E-state index is 0.305. The molecule has 0 aromatic rings. The van der Waals surface area contributed by atoms with Crippen molar-refractivity contribution in [3.63, 3.8) is 0 Å². The van der Waals surface area contributed by atoms with Gasteiger partial charge in [-0.3, -0.25) is 9.59 Å². The zero-order valence-corrected chi connectivity index (χ0v) is 15.7. The van der Waals surface area contributed by atoms with Crippen molar-refractivity contribution in [2.45, 2.75) is 103 Å². The van der Waals surface area contributed by atoms with Gasteiger partial charge in [-0.1, -0.05) is 57.8 Å². The van der Waals surface area contributed by atoms with E-state index in [4.69, 9.17) is 5.11 Å². The van der Waals surface area contributed by atoms with Crippen molar-refractivity contribution in [1.82, 2.24) is 0 Å². The first-order valence-corrected chi connectivity index (χ1v) is 10.5. The predicted molar refractivity (Wildman–Crippen MR) is 98.6 cm³/mol. The van der Waals surface area contributed by atoms with E-state index in [1.807, 2.05) is 0 Å². The predicted octanol–water partition coefficient (Wildman–Crippen LogP) is 5.64. The molecule has 25 heavy (non-hydrogen) atoms. The minimum atomic E-state index is -0.685. The molecule has 0 aliphatic heterocycles. The molecule has 0 radical (unpaired) electrons. The highest BCUT2D eigenvalue weighted by molar-refractivity contribution is 5.76. The second kappa shape index (κ2) is 10.2. The van der Waals surface area contributed by atoms with Crippen LogP contribution in [-0.2, 0) is 9.59 Å². The summed E-state index contributed by atoms with van der Waals surface area (Å²) in [5.41, 5.74) is -0.365. The maximum atomic E-state index is 11.9. The molecule has 2 fully saturated rings. The highest BCUT2D eigenvalue weighted by atomic mass is 16.4. The Bertz CT molecular complexity index is 412. The van der Waals surface area contributed by atoms with Crippen LogP contribution in [0.2, 0.25) is 0 Å². The van der Waals surface area contributed by atoms with Gasteiger partial charge < -0.3 is 10.2 Å². The number of unbranched alkanes of at least 4 members (excludes halogenated alkanes) is 9. The number of hydrogen-bond acceptors (Lipinski definition) is 2. The van der Waals surface area contributed by atoms with Gasteiger partial charge in [0.15, 0.2) is 0 Å². The number of rotatable bonds is 16. The summed E-state index contributed by atoms with van der Waals surface area (Å²) >= 11 is 0. The van der Waals surface area contributed by atoms with E-state index in [0.717, 1.165) is 57.8 Å². The fourth-order valence-electron chi connectivity index (χ4n) is 4.50. The first-order valence-electron chi connectivity index (χ1n) is 10.5. The number of carboxylic acids is 2. The Morgan fingerprint density at radius 2 is 1.08 bits per heavy atom. The third kappa shape index (κ3) is 6.63. The number of carboxylic acid groups (broad SMARTS) is 2. The van der Waals surface area contributed by atoms with Crippen LogP contribution in [0.25, 0.3) is 0 Å². The van der Waals surface area contributed by atoms with E-state index in [2.05, 4.69) is 0 Å². The summed E-state index contributed by atoms with van der Waals surface area (Å²) in [7, 11) is 0. The van der Waals surface area contributed by atoms with E-state index >= 15 is 0 Å². The van der Waals surface area contributed by atoms with Crippen molar-refractivity contribution in [3.8, 4) is 0 Å². The van der Waals surface area contributed by atoms with E-state index in [0.29, 0.717) is 18.3 Å². The molecule has 4 nitrogen and oxygen atoms in total. The molecule has 0 atom stereocenters. The zero-order valence-electron chi connectivity index (χ0n) is 15.7. The molecule has 0 amide bonds. The molecule has 2 rings (SSSR count). The Morgan fingerprint density at radius 3 is 1.44 bits per heavy atom. The average Bonchev–Trinajstić information content (AvgIpc) is 3.44. The van der Waals surface area contributed by atoms with Crippen molar-refractivity contribution in [3.05, 3.63) is 0 Å². The van der Waals surface area contributed by atoms with Gasteiger partial charge in [-0.05, 0) is 50.4 Å². The molecule has 0 heterocycles. The van der Waals surface area contributed by atoms with Gasteiger partial charge in [-0.15, -0.1) is 0 Å². The molecule has 144 valence electrons. The Kier molecular flexibility index (Phi) is 8.25. The summed E-state index contributed by atoms with van der Waals surface area (Å²) < 4.78 is 0. The van der Waals surface area contributed by atoms with E-state index in [1.54, 1.807) is 0 Å². The smallest absolute Gasteiger partial charge is 0.310 e. The molecule has 0 saturated heterocycles. The molecule has 2 saturated carbocycles. The maximum absolute atomic E-state index is 11.9. The molecule has 4 heteroatoms. The lowest BCUT2D eigenvalue weighted by atomic mass is 9.73. The van der Waals surface area contributed by atoms with Gasteiger partial charge >= 0.3 is 11.9 Å². The third-order valence-electron chi connectivity index (χ3n) is 6.24. The lowest BCUT2D eigenvalue weighted by Gasteiger charge is -2.29. The Morgan fingerprint density at radius 1 is 0.680 bits per heavy atom. The summed E-state index contributed by atoms with van der Waals surface area (Å²) in [6.07, 6.45) is 17.2. The molecule has 0 unspecified atom stereocenters. The molecule has 0 aromatic carbocycles. The monoisotopic (exact) mass is 352 g/mol. The highest BCUT2D eigenvalue weighted by Crippen LogP contribution is 2.60. The van der Waals surface area contributed by atoms with Crippen LogP contribution in [-0.4, -0.2) is 22.2 Å². The Hall–Kier alpha value is -1.06. The molecular formula is C21H36O4. The van der Waals surface area contributed by atoms with Crippen LogP contribution < -0.4 is 0 Å². The van der Waals surface area contributed by atoms with Crippen molar-refractivity contribution in [2.75, 3.05) is 0 Å². The van der Waals surface area contributed by atoms with Gasteiger partial charge in [0.05, 0.1) is 5.41 Å². The molecule has 0 spiro atoms. The first-order chi connectivity index (χ1) is 12.1. The normalized spacial score (nSPS) is 17.6. The molecule has 0 bridgehead atoms. The fraction of sp³-hybridized carbons (Fsp3) is 0.905. The summed E-state index contributed by atoms with van der Waals surface area (Å²) in [4.78, 5) is 22.3. The summed E-state index contributed by atoms with van der Waals surface area (Å²) in [6, 6.07) is 0. The van der Waals surface area contributed by atoms with Gasteiger partial charge in [0.2, 0.25) is 0 Å². The van der Waals surface area contributed by atoms with Crippen molar-refractivity contribution >= 4 is 11.9 Å². The summed E-state index contributed by atoms with van der Waals surface area (Å²) in [5, 5.41) is 18.4. The van der Waals surface area contributed by atoms with Crippen LogP contribution in [0.5, 0.6) is 0 Å². The van der Waals surface area contributed by atoms with E-state index in [1.165, 1.54) is 38.5 Å². The van der Waals surface area contributed by atoms with Crippen LogP contribution in [0.1, 0.15) is 103 Å². The van der Waals surface area contributed by atoms with Gasteiger partial charge in [0, 0.05) is 6.42 Å². The topological polar surface area (TPSA) is 74.6 Å². The lowest BCUT2D eigenvalue weighted by molar-refractivity contribution is -0.153. The minimum Gasteiger partial charge on any atom is -0.481 e. The van der Waals surface area contributed by atoms with Gasteiger partial charge in [-0.25, -0.2) is 0 Å². The quantitative estimate of drug-likeness (QED) is 0.352. The van der Waals surface area contributed by atoms with Gasteiger partial charge in [-0.2, -0.15) is 0 Å². The second-order valence-electron chi connectivity index (χ2n) is 8.32. The molecule has 2 aliphatic rings. The van der Waals surface area contributed by atoms with E-state index in [9.17, 15) is 14.7 Å². The third-order valence-corrected chi connectivity index (χ3v) is 6.24. The van der Waals surface area contributed by atoms with Crippen molar-refractivity contribution in [2.24, 2.45) is 17.3 Å². The lowest BCUT2D eigenvalue weighted by Crippen LogP contribution is -2.35. The van der Waals surface area contributed by atoms with Gasteiger partial charge in [0.1, 0.15) is 0 Å². The van der Waals surface area contributed by atoms with E-state index in [-0.39, 0.29) is 5.41 Å². The molecular weight excluding hydrogens is 316 g/mol. The van der Waals surface area contributed by atoms with Crippen LogP contribution in [0, 0.1) is 17.3 Å². The molecule has 2 N–H and O–H groups in total. The largest absolute Gasteiger partial charge is 0.481 e. The standard InChI is InChI=1S/C21H36O4/c22-19(23)11-9-7-5-3-1-2-4-6-8-10-16-21(20(24)25,17-12-13-17)18-14-15-18/h17-18H,1-16H2,(H,22,23)(H,24,25). The van der Waals surface area contributed by atoms with Crippen LogP contribution in [0.15, 0.2) is 0 Å². The number of carbonyl (C=O) groups is 2. The van der Waals surface area contributed by atoms with Crippen molar-refractivity contribution < 1.29 is 19.8 Å². The average molecular weight is 353 g/mol. The second-order valence-corrected chi connectivity index (χ2v) is 8.32.